The van der Waals surface area contributed by atoms with Crippen molar-refractivity contribution in [1.82, 2.24) is 5.32 Å². The van der Waals surface area contributed by atoms with Crippen molar-refractivity contribution >= 4 is 17.2 Å². The Balaban J connectivity index is 2.02. The van der Waals surface area contributed by atoms with Crippen LogP contribution in [0.3, 0.4) is 0 Å². The molecule has 0 spiro atoms. The molecular formula is C16H19NO3S. The summed E-state index contributed by atoms with van der Waals surface area (Å²) in [5, 5.41) is 15.1. The third kappa shape index (κ3) is 3.91. The van der Waals surface area contributed by atoms with Crippen molar-refractivity contribution < 1.29 is 14.6 Å². The van der Waals surface area contributed by atoms with Crippen LogP contribution in [0.1, 0.15) is 27.7 Å². The summed E-state index contributed by atoms with van der Waals surface area (Å²) in [5.41, 5.74) is 0.531. The van der Waals surface area contributed by atoms with Gasteiger partial charge in [-0.05, 0) is 23.9 Å². The maximum atomic E-state index is 12.2. The van der Waals surface area contributed by atoms with Crippen LogP contribution in [0.2, 0.25) is 0 Å². The summed E-state index contributed by atoms with van der Waals surface area (Å²) in [7, 11) is 1.60. The summed E-state index contributed by atoms with van der Waals surface area (Å²) < 4.78 is 5.07. The maximum Gasteiger partial charge on any atom is 0.261 e. The normalized spacial score (nSPS) is 13.7. The lowest BCUT2D eigenvalue weighted by molar-refractivity contribution is 0.0527. The molecule has 1 atom stereocenters. The second-order valence-electron chi connectivity index (χ2n) is 5.03. The van der Waals surface area contributed by atoms with Gasteiger partial charge < -0.3 is 15.2 Å². The van der Waals surface area contributed by atoms with Crippen LogP contribution in [0.5, 0.6) is 0 Å². The number of methoxy groups -OCH3 is 1. The summed E-state index contributed by atoms with van der Waals surface area (Å²) >= 11 is 1.37. The minimum atomic E-state index is -1.10. The van der Waals surface area contributed by atoms with Crippen molar-refractivity contribution in [3.05, 3.63) is 57.8 Å². The molecule has 2 N–H and O–H groups in total. The molecule has 1 aromatic heterocycles. The third-order valence-electron chi connectivity index (χ3n) is 3.24. The predicted molar refractivity (Wildman–Crippen MR) is 83.4 cm³/mol. The Hall–Kier alpha value is -1.69. The molecule has 0 aliphatic heterocycles. The van der Waals surface area contributed by atoms with Gasteiger partial charge in [-0.25, -0.2) is 0 Å². The Morgan fingerprint density at radius 2 is 2.05 bits per heavy atom. The zero-order valence-corrected chi connectivity index (χ0v) is 12.9. The minimum Gasteiger partial charge on any atom is -0.384 e. The van der Waals surface area contributed by atoms with Gasteiger partial charge in [-0.15, -0.1) is 11.3 Å². The SMILES string of the molecule is COCc1ccsc1C(=O)NCC(C)(O)c1ccccc1. The van der Waals surface area contributed by atoms with E-state index in [1.54, 1.807) is 14.0 Å². The largest absolute Gasteiger partial charge is 0.384 e. The van der Waals surface area contributed by atoms with Crippen LogP contribution >= 0.6 is 11.3 Å². The van der Waals surface area contributed by atoms with Crippen molar-refractivity contribution in [2.75, 3.05) is 13.7 Å². The zero-order valence-electron chi connectivity index (χ0n) is 12.1. The van der Waals surface area contributed by atoms with Gasteiger partial charge in [-0.2, -0.15) is 0 Å². The van der Waals surface area contributed by atoms with Crippen LogP contribution < -0.4 is 5.32 Å². The van der Waals surface area contributed by atoms with Gasteiger partial charge in [0, 0.05) is 12.7 Å². The number of aliphatic hydroxyl groups is 1. The lowest BCUT2D eigenvalue weighted by Gasteiger charge is -2.24. The first-order chi connectivity index (χ1) is 10.0. The first kappa shape index (κ1) is 15.7. The number of amides is 1. The average molecular weight is 305 g/mol. The van der Waals surface area contributed by atoms with Gasteiger partial charge in [0.05, 0.1) is 18.0 Å². The highest BCUT2D eigenvalue weighted by Gasteiger charge is 2.24. The molecule has 21 heavy (non-hydrogen) atoms. The van der Waals surface area contributed by atoms with Crippen molar-refractivity contribution in [2.24, 2.45) is 0 Å². The highest BCUT2D eigenvalue weighted by molar-refractivity contribution is 7.12. The monoisotopic (exact) mass is 305 g/mol. The fraction of sp³-hybridized carbons (Fsp3) is 0.312. The average Bonchev–Trinajstić information content (AvgIpc) is 2.95. The fourth-order valence-electron chi connectivity index (χ4n) is 2.04. The number of nitrogens with one attached hydrogen (secondary N) is 1. The van der Waals surface area contributed by atoms with E-state index in [2.05, 4.69) is 5.32 Å². The van der Waals surface area contributed by atoms with E-state index in [9.17, 15) is 9.90 Å². The molecule has 0 aliphatic carbocycles. The summed E-state index contributed by atoms with van der Waals surface area (Å²) in [6.07, 6.45) is 0. The Kier molecular flexibility index (Phi) is 5.12. The second kappa shape index (κ2) is 6.85. The van der Waals surface area contributed by atoms with Crippen molar-refractivity contribution in [2.45, 2.75) is 19.1 Å². The number of carbonyl (C=O) groups is 1. The van der Waals surface area contributed by atoms with Crippen LogP contribution in [0.4, 0.5) is 0 Å². The van der Waals surface area contributed by atoms with Gasteiger partial charge in [-0.3, -0.25) is 4.79 Å². The topological polar surface area (TPSA) is 58.6 Å². The Morgan fingerprint density at radius 3 is 2.71 bits per heavy atom. The van der Waals surface area contributed by atoms with Gasteiger partial charge in [-0.1, -0.05) is 30.3 Å². The highest BCUT2D eigenvalue weighted by atomic mass is 32.1. The third-order valence-corrected chi connectivity index (χ3v) is 4.20. The van der Waals surface area contributed by atoms with Crippen molar-refractivity contribution in [3.8, 4) is 0 Å². The highest BCUT2D eigenvalue weighted by Crippen LogP contribution is 2.21. The molecule has 112 valence electrons. The Labute approximate surface area is 128 Å². The van der Waals surface area contributed by atoms with E-state index in [1.165, 1.54) is 11.3 Å². The molecule has 0 saturated heterocycles. The minimum absolute atomic E-state index is 0.153. The first-order valence-corrected chi connectivity index (χ1v) is 7.54. The molecule has 1 amide bonds. The number of rotatable bonds is 6. The van der Waals surface area contributed by atoms with Crippen LogP contribution in [-0.2, 0) is 16.9 Å². The standard InChI is InChI=1S/C16H19NO3S/c1-16(19,13-6-4-3-5-7-13)11-17-15(18)14-12(10-20-2)8-9-21-14/h3-9,19H,10-11H2,1-2H3,(H,17,18). The van der Waals surface area contributed by atoms with Crippen LogP contribution in [0, 0.1) is 0 Å². The molecule has 1 unspecified atom stereocenters. The summed E-state index contributed by atoms with van der Waals surface area (Å²) in [6.45, 7) is 2.24. The first-order valence-electron chi connectivity index (χ1n) is 6.66. The van der Waals surface area contributed by atoms with Crippen molar-refractivity contribution in [3.63, 3.8) is 0 Å². The molecule has 1 heterocycles. The summed E-state index contributed by atoms with van der Waals surface area (Å²) in [4.78, 5) is 12.8. The van der Waals surface area contributed by atoms with Crippen molar-refractivity contribution in [1.29, 1.82) is 0 Å². The molecule has 2 rings (SSSR count). The number of benzene rings is 1. The predicted octanol–water partition coefficient (Wildman–Crippen LogP) is 2.53. The lowest BCUT2D eigenvalue weighted by Crippen LogP contribution is -2.38. The van der Waals surface area contributed by atoms with Gasteiger partial charge in [0.25, 0.3) is 5.91 Å². The quantitative estimate of drug-likeness (QED) is 0.862. The Bertz CT molecular complexity index is 593. The molecule has 4 nitrogen and oxygen atoms in total. The second-order valence-corrected chi connectivity index (χ2v) is 5.95. The zero-order chi connectivity index (χ0) is 15.3. The fourth-order valence-corrected chi connectivity index (χ4v) is 2.86. The smallest absolute Gasteiger partial charge is 0.261 e. The lowest BCUT2D eigenvalue weighted by atomic mass is 9.96. The molecule has 0 radical (unpaired) electrons. The van der Waals surface area contributed by atoms with E-state index in [4.69, 9.17) is 4.74 Å². The van der Waals surface area contributed by atoms with E-state index in [0.29, 0.717) is 11.5 Å². The molecule has 5 heteroatoms. The van der Waals surface area contributed by atoms with Gasteiger partial charge in [0.15, 0.2) is 0 Å². The van der Waals surface area contributed by atoms with Crippen LogP contribution in [0.25, 0.3) is 0 Å². The van der Waals surface area contributed by atoms with Crippen LogP contribution in [0.15, 0.2) is 41.8 Å². The van der Waals surface area contributed by atoms with Gasteiger partial charge in [0.1, 0.15) is 5.60 Å². The summed E-state index contributed by atoms with van der Waals surface area (Å²) in [6, 6.07) is 11.2. The number of hydrogen-bond donors (Lipinski definition) is 2. The van der Waals surface area contributed by atoms with Gasteiger partial charge in [0.2, 0.25) is 0 Å². The van der Waals surface area contributed by atoms with E-state index in [-0.39, 0.29) is 12.5 Å². The molecule has 0 aliphatic rings. The Morgan fingerprint density at radius 1 is 1.33 bits per heavy atom. The van der Waals surface area contributed by atoms with E-state index < -0.39 is 5.60 Å². The van der Waals surface area contributed by atoms with Gasteiger partial charge >= 0.3 is 0 Å². The van der Waals surface area contributed by atoms with Crippen LogP contribution in [-0.4, -0.2) is 24.7 Å². The molecule has 0 fully saturated rings. The molecule has 0 saturated carbocycles. The van der Waals surface area contributed by atoms with E-state index >= 15 is 0 Å². The summed E-state index contributed by atoms with van der Waals surface area (Å²) in [5.74, 6) is -0.187. The molecule has 2 aromatic rings. The number of hydrogen-bond acceptors (Lipinski definition) is 4. The van der Waals surface area contributed by atoms with E-state index in [1.807, 2.05) is 41.8 Å². The molecule has 0 bridgehead atoms. The maximum absolute atomic E-state index is 12.2. The number of carbonyl (C=O) groups excluding carboxylic acids is 1. The van der Waals surface area contributed by atoms with E-state index in [0.717, 1.165) is 11.1 Å². The number of thiophene rings is 1. The molecule has 1 aromatic carbocycles. The molecular weight excluding hydrogens is 286 g/mol. The number of ether oxygens (including phenoxy) is 1.